The number of amides is 2. The molecular weight excluding hydrogens is 827 g/mol. The number of benzene rings is 1. The highest BCUT2D eigenvalue weighted by atomic mass is 32.2. The summed E-state index contributed by atoms with van der Waals surface area (Å²) in [5.74, 6) is -4.81. The van der Waals surface area contributed by atoms with Crippen molar-refractivity contribution >= 4 is 44.4 Å². The fraction of sp³-hybridized carbons (Fsp3) is 0.651. The predicted molar refractivity (Wildman–Crippen MR) is 215 cm³/mol. The van der Waals surface area contributed by atoms with Crippen LogP contribution in [0.1, 0.15) is 91.9 Å². The topological polar surface area (TPSA) is 168 Å². The summed E-state index contributed by atoms with van der Waals surface area (Å²) in [5, 5.41) is 1.21. The van der Waals surface area contributed by atoms with E-state index in [1.54, 1.807) is 30.3 Å². The number of hydrogen-bond donors (Lipinski definition) is 1. The van der Waals surface area contributed by atoms with Gasteiger partial charge in [-0.2, -0.15) is 18.2 Å². The summed E-state index contributed by atoms with van der Waals surface area (Å²) in [6.07, 6.45) is -1.22. The molecule has 2 aromatic rings. The second-order valence-corrected chi connectivity index (χ2v) is 19.8. The van der Waals surface area contributed by atoms with E-state index >= 15 is 4.79 Å². The predicted octanol–water partition coefficient (Wildman–Crippen LogP) is 6.81. The summed E-state index contributed by atoms with van der Waals surface area (Å²) < 4.78 is 105. The van der Waals surface area contributed by atoms with Gasteiger partial charge in [0.1, 0.15) is 23.3 Å². The number of carbonyl (C=O) groups excluding carboxylic acids is 4. The van der Waals surface area contributed by atoms with Crippen LogP contribution in [-0.4, -0.2) is 98.0 Å². The first-order valence-corrected chi connectivity index (χ1v) is 22.2. The molecule has 2 aliphatic heterocycles. The Morgan fingerprint density at radius 2 is 1.79 bits per heavy atom. The first-order valence-electron chi connectivity index (χ1n) is 20.7. The summed E-state index contributed by atoms with van der Waals surface area (Å²) in [6, 6.07) is 5.59. The third-order valence-electron chi connectivity index (χ3n) is 13.1. The third-order valence-corrected chi connectivity index (χ3v) is 15.2. The Balaban J connectivity index is 1.39. The van der Waals surface area contributed by atoms with Crippen LogP contribution < -0.4 is 18.9 Å². The fourth-order valence-corrected chi connectivity index (χ4v) is 10.2. The molecular formula is C43H55F4N3O10S. The van der Waals surface area contributed by atoms with Gasteiger partial charge in [-0.25, -0.2) is 12.8 Å². The van der Waals surface area contributed by atoms with E-state index in [1.165, 1.54) is 19.1 Å². The van der Waals surface area contributed by atoms with Crippen molar-refractivity contribution in [1.82, 2.24) is 14.6 Å². The van der Waals surface area contributed by atoms with Crippen molar-refractivity contribution in [2.75, 3.05) is 27.4 Å². The Bertz CT molecular complexity index is 2150. The summed E-state index contributed by atoms with van der Waals surface area (Å²) >= 11 is 0. The Morgan fingerprint density at radius 1 is 1.07 bits per heavy atom. The number of ether oxygens (including phenoxy) is 4. The molecule has 2 saturated carbocycles. The molecule has 2 aliphatic carbocycles. The van der Waals surface area contributed by atoms with Crippen LogP contribution in [0.15, 0.2) is 36.4 Å². The molecule has 1 N–H and O–H groups in total. The highest BCUT2D eigenvalue weighted by Crippen LogP contribution is 2.58. The highest BCUT2D eigenvalue weighted by Gasteiger charge is 2.63. The summed E-state index contributed by atoms with van der Waals surface area (Å²) in [4.78, 5) is 63.0. The minimum absolute atomic E-state index is 0.0244. The number of alkyl halides is 4. The maximum atomic E-state index is 15.0. The number of rotatable bonds is 12. The molecule has 6 rings (SSSR count). The SMILES string of the molecule is CC[C@@H]1C[C@H](C)CC/C=C\[C@@H]2C[C@@]2(C(=O)NS(=O)(=O)C2(CF)CC2)CC(=O)[C@@H]2C[C@@H](Oc3nc(OC)cc4cc(OC)ccc34)CN2C(=O)[C@H]1CC(=O)OC(C)(C)C(F)(F)F. The number of pyridine rings is 1. The van der Waals surface area contributed by atoms with Crippen LogP contribution >= 0.6 is 0 Å². The number of esters is 1. The van der Waals surface area contributed by atoms with Gasteiger partial charge in [0.05, 0.1) is 44.6 Å². The van der Waals surface area contributed by atoms with E-state index in [1.807, 2.05) is 19.9 Å². The van der Waals surface area contributed by atoms with Crippen molar-refractivity contribution in [3.63, 3.8) is 0 Å². The molecule has 3 fully saturated rings. The average molecular weight is 882 g/mol. The second-order valence-electron chi connectivity index (χ2n) is 17.7. The van der Waals surface area contributed by atoms with Gasteiger partial charge in [-0.1, -0.05) is 32.4 Å². The van der Waals surface area contributed by atoms with Crippen LogP contribution in [0.3, 0.4) is 0 Å². The quantitative estimate of drug-likeness (QED) is 0.135. The zero-order valence-electron chi connectivity index (χ0n) is 35.3. The van der Waals surface area contributed by atoms with Gasteiger partial charge in [0, 0.05) is 24.3 Å². The van der Waals surface area contributed by atoms with Gasteiger partial charge in [0.15, 0.2) is 5.78 Å². The molecule has 1 saturated heterocycles. The number of carbonyl (C=O) groups is 4. The van der Waals surface area contributed by atoms with Crippen molar-refractivity contribution in [2.24, 2.45) is 29.1 Å². The minimum Gasteiger partial charge on any atom is -0.497 e. The van der Waals surface area contributed by atoms with Gasteiger partial charge in [-0.15, -0.1) is 0 Å². The first kappa shape index (κ1) is 46.0. The normalized spacial score (nSPS) is 28.7. The lowest BCUT2D eigenvalue weighted by Gasteiger charge is -2.34. The van der Waals surface area contributed by atoms with E-state index in [0.29, 0.717) is 42.2 Å². The number of Topliss-reactive ketones (excluding diaryl/α,β-unsaturated/α-hetero) is 1. The Morgan fingerprint density at radius 3 is 2.41 bits per heavy atom. The lowest BCUT2D eigenvalue weighted by molar-refractivity contribution is -0.257. The number of sulfonamides is 1. The minimum atomic E-state index is -4.89. The molecule has 1 aromatic heterocycles. The zero-order chi connectivity index (χ0) is 44.7. The van der Waals surface area contributed by atoms with Crippen molar-refractivity contribution in [1.29, 1.82) is 0 Å². The molecule has 0 bridgehead atoms. The molecule has 2 amide bonds. The molecule has 18 heteroatoms. The molecule has 0 radical (unpaired) electrons. The Labute approximate surface area is 353 Å². The number of ketones is 1. The molecule has 0 unspecified atom stereocenters. The van der Waals surface area contributed by atoms with E-state index in [-0.39, 0.29) is 49.9 Å². The number of halogens is 4. The van der Waals surface area contributed by atoms with Crippen molar-refractivity contribution < 1.29 is 64.1 Å². The van der Waals surface area contributed by atoms with E-state index in [4.69, 9.17) is 18.9 Å². The van der Waals surface area contributed by atoms with E-state index in [9.17, 15) is 40.4 Å². The van der Waals surface area contributed by atoms with Crippen LogP contribution in [0, 0.1) is 29.1 Å². The lowest BCUT2D eigenvalue weighted by Crippen LogP contribution is -2.49. The number of methoxy groups -OCH3 is 2. The second kappa shape index (κ2) is 17.4. The van der Waals surface area contributed by atoms with E-state index < -0.39 is 105 Å². The highest BCUT2D eigenvalue weighted by molar-refractivity contribution is 7.91. The molecule has 7 atom stereocenters. The fourth-order valence-electron chi connectivity index (χ4n) is 8.72. The van der Waals surface area contributed by atoms with Crippen LogP contribution in [0.5, 0.6) is 17.5 Å². The molecule has 4 aliphatic rings. The van der Waals surface area contributed by atoms with Gasteiger partial charge in [-0.3, -0.25) is 23.9 Å². The number of nitrogens with one attached hydrogen (secondary N) is 1. The van der Waals surface area contributed by atoms with E-state index in [2.05, 4.69) is 9.71 Å². The summed E-state index contributed by atoms with van der Waals surface area (Å²) in [5.41, 5.74) is -4.36. The summed E-state index contributed by atoms with van der Waals surface area (Å²) in [6.45, 7) is 3.87. The van der Waals surface area contributed by atoms with Crippen LogP contribution in [0.2, 0.25) is 0 Å². The van der Waals surface area contributed by atoms with Crippen molar-refractivity contribution in [2.45, 2.75) is 121 Å². The summed E-state index contributed by atoms with van der Waals surface area (Å²) in [7, 11) is -1.49. The Kier molecular flexibility index (Phi) is 13.1. The maximum absolute atomic E-state index is 15.0. The van der Waals surface area contributed by atoms with Crippen LogP contribution in [0.25, 0.3) is 10.8 Å². The number of aromatic nitrogens is 1. The number of fused-ring (bicyclic) bond motifs is 3. The van der Waals surface area contributed by atoms with Crippen molar-refractivity contribution in [3.8, 4) is 17.5 Å². The standard InChI is InChI=1S/C43H55F4N3O10S/c1-7-26-16-25(2)10-8-9-11-28-21-42(28,39(54)49-61(55,56)41(24-44)14-15-41)22-34(51)33-19-30(59-37-31-13-12-29(57-5)17-27(31)18-35(48-37)58-6)23-50(33)38(53)32(26)20-36(52)60-40(3,4)43(45,46)47/h9,11-13,17-18,25-26,28,30,32-33H,7-8,10,14-16,19-24H2,1-6H3,(H,49,54)/b11-9-/t25-,26-,28-,30-,32+,33+,42-/m1/s1. The largest absolute Gasteiger partial charge is 0.497 e. The van der Waals surface area contributed by atoms with Crippen LogP contribution in [-0.2, 0) is 33.9 Å². The number of allylic oxidation sites excluding steroid dienone is 2. The van der Waals surface area contributed by atoms with Gasteiger partial charge in [-0.05, 0) is 93.7 Å². The average Bonchev–Trinajstić information content (AvgIpc) is 4.11. The molecule has 3 heterocycles. The molecule has 13 nitrogen and oxygen atoms in total. The number of hydrogen-bond acceptors (Lipinski definition) is 11. The van der Waals surface area contributed by atoms with Gasteiger partial charge < -0.3 is 23.8 Å². The maximum Gasteiger partial charge on any atom is 0.427 e. The zero-order valence-corrected chi connectivity index (χ0v) is 36.1. The monoisotopic (exact) mass is 881 g/mol. The van der Waals surface area contributed by atoms with E-state index in [0.717, 1.165) is 13.8 Å². The molecule has 1 aromatic carbocycles. The van der Waals surface area contributed by atoms with Crippen molar-refractivity contribution in [3.05, 3.63) is 36.4 Å². The molecule has 336 valence electrons. The molecule has 61 heavy (non-hydrogen) atoms. The number of nitrogens with zero attached hydrogens (tertiary/aromatic N) is 2. The van der Waals surface area contributed by atoms with Gasteiger partial charge in [0.2, 0.25) is 39.2 Å². The van der Waals surface area contributed by atoms with Crippen LogP contribution in [0.4, 0.5) is 17.6 Å². The van der Waals surface area contributed by atoms with Gasteiger partial charge in [0.25, 0.3) is 0 Å². The molecule has 0 spiro atoms. The first-order chi connectivity index (χ1) is 28.6. The smallest absolute Gasteiger partial charge is 0.427 e. The Hall–Kier alpha value is -4.48. The third kappa shape index (κ3) is 9.48. The van der Waals surface area contributed by atoms with Gasteiger partial charge >= 0.3 is 12.1 Å². The lowest BCUT2D eigenvalue weighted by atomic mass is 9.79.